The lowest BCUT2D eigenvalue weighted by Crippen LogP contribution is -2.23. The molecule has 3 aromatic rings. The first-order valence-corrected chi connectivity index (χ1v) is 11.2. The minimum absolute atomic E-state index is 0.0680. The number of rotatable bonds is 10. The Bertz CT molecular complexity index is 1220. The fourth-order valence-electron chi connectivity index (χ4n) is 3.21. The van der Waals surface area contributed by atoms with E-state index in [1.807, 2.05) is 13.8 Å². The zero-order valence-corrected chi connectivity index (χ0v) is 20.5. The van der Waals surface area contributed by atoms with Crippen molar-refractivity contribution in [1.29, 1.82) is 0 Å². The van der Waals surface area contributed by atoms with Crippen molar-refractivity contribution in [2.24, 2.45) is 0 Å². The van der Waals surface area contributed by atoms with Gasteiger partial charge in [0.1, 0.15) is 5.75 Å². The fraction of sp³-hybridized carbons (Fsp3) is 0.222. The number of amides is 2. The van der Waals surface area contributed by atoms with Gasteiger partial charge >= 0.3 is 5.97 Å². The molecule has 0 aliphatic rings. The highest BCUT2D eigenvalue weighted by molar-refractivity contribution is 6.10. The lowest BCUT2D eigenvalue weighted by Gasteiger charge is -2.14. The maximum atomic E-state index is 12.8. The van der Waals surface area contributed by atoms with Crippen molar-refractivity contribution in [1.82, 2.24) is 0 Å². The van der Waals surface area contributed by atoms with Crippen LogP contribution in [-0.2, 0) is 9.53 Å². The standard InChI is InChI=1S/C27H28N2O7/c1-17(2)36-23-14-9-18(15-24(23)34-4)27(32)35-16-25(30)29-22-8-6-5-7-21(22)26(31)28-19-10-12-20(33-3)13-11-19/h5-15,17H,16H2,1-4H3,(H,28,31)(H,29,30). The van der Waals surface area contributed by atoms with E-state index < -0.39 is 24.4 Å². The van der Waals surface area contributed by atoms with Crippen molar-refractivity contribution < 1.29 is 33.3 Å². The van der Waals surface area contributed by atoms with Crippen LogP contribution in [0.15, 0.2) is 66.7 Å². The highest BCUT2D eigenvalue weighted by atomic mass is 16.5. The molecular weight excluding hydrogens is 464 g/mol. The summed E-state index contributed by atoms with van der Waals surface area (Å²) in [6, 6.07) is 18.0. The average molecular weight is 493 g/mol. The van der Waals surface area contributed by atoms with Gasteiger partial charge in [-0.2, -0.15) is 0 Å². The molecule has 3 rings (SSSR count). The first kappa shape index (κ1) is 26.1. The Morgan fingerprint density at radius 1 is 0.833 bits per heavy atom. The van der Waals surface area contributed by atoms with Crippen LogP contribution < -0.4 is 24.8 Å². The Kier molecular flexibility index (Phi) is 8.88. The van der Waals surface area contributed by atoms with Crippen LogP contribution in [0.25, 0.3) is 0 Å². The van der Waals surface area contributed by atoms with Crippen molar-refractivity contribution >= 4 is 29.2 Å². The van der Waals surface area contributed by atoms with Gasteiger partial charge in [0, 0.05) is 5.69 Å². The van der Waals surface area contributed by atoms with Crippen LogP contribution in [0.5, 0.6) is 17.2 Å². The Morgan fingerprint density at radius 3 is 2.22 bits per heavy atom. The molecule has 0 bridgehead atoms. The van der Waals surface area contributed by atoms with Crippen molar-refractivity contribution in [3.8, 4) is 17.2 Å². The van der Waals surface area contributed by atoms with Gasteiger partial charge in [0.05, 0.1) is 37.1 Å². The van der Waals surface area contributed by atoms with Crippen molar-refractivity contribution in [2.45, 2.75) is 20.0 Å². The molecule has 0 aliphatic heterocycles. The number of anilines is 2. The number of carbonyl (C=O) groups excluding carboxylic acids is 3. The zero-order chi connectivity index (χ0) is 26.1. The molecule has 0 unspecified atom stereocenters. The molecule has 9 nitrogen and oxygen atoms in total. The summed E-state index contributed by atoms with van der Waals surface area (Å²) in [5, 5.41) is 5.38. The molecule has 0 radical (unpaired) electrons. The average Bonchev–Trinajstić information content (AvgIpc) is 2.88. The number of nitrogens with one attached hydrogen (secondary N) is 2. The van der Waals surface area contributed by atoms with E-state index in [1.165, 1.54) is 19.2 Å². The first-order chi connectivity index (χ1) is 17.3. The van der Waals surface area contributed by atoms with E-state index >= 15 is 0 Å². The van der Waals surface area contributed by atoms with Gasteiger partial charge in [-0.25, -0.2) is 4.79 Å². The monoisotopic (exact) mass is 492 g/mol. The number of carbonyl (C=O) groups is 3. The number of ether oxygens (including phenoxy) is 4. The van der Waals surface area contributed by atoms with Crippen LogP contribution in [0.3, 0.4) is 0 Å². The molecule has 0 saturated heterocycles. The van der Waals surface area contributed by atoms with Gasteiger partial charge in [0.2, 0.25) is 0 Å². The van der Waals surface area contributed by atoms with Crippen LogP contribution >= 0.6 is 0 Å². The quantitative estimate of drug-likeness (QED) is 0.400. The molecule has 36 heavy (non-hydrogen) atoms. The number of hydrogen-bond acceptors (Lipinski definition) is 7. The molecular formula is C27H28N2O7. The van der Waals surface area contributed by atoms with Crippen molar-refractivity contribution in [3.63, 3.8) is 0 Å². The number of benzene rings is 3. The largest absolute Gasteiger partial charge is 0.497 e. The normalized spacial score (nSPS) is 10.4. The van der Waals surface area contributed by atoms with Gasteiger partial charge < -0.3 is 29.6 Å². The van der Waals surface area contributed by atoms with E-state index in [-0.39, 0.29) is 22.9 Å². The maximum absolute atomic E-state index is 12.8. The third kappa shape index (κ3) is 6.99. The van der Waals surface area contributed by atoms with Crippen LogP contribution in [0.4, 0.5) is 11.4 Å². The SMILES string of the molecule is COc1ccc(NC(=O)c2ccccc2NC(=O)COC(=O)c2ccc(OC(C)C)c(OC)c2)cc1. The highest BCUT2D eigenvalue weighted by Gasteiger charge is 2.17. The summed E-state index contributed by atoms with van der Waals surface area (Å²) in [5.41, 5.74) is 1.30. The minimum Gasteiger partial charge on any atom is -0.497 e. The fourth-order valence-corrected chi connectivity index (χ4v) is 3.21. The summed E-state index contributed by atoms with van der Waals surface area (Å²) in [6.07, 6.45) is -0.0680. The number of hydrogen-bond donors (Lipinski definition) is 2. The summed E-state index contributed by atoms with van der Waals surface area (Å²) >= 11 is 0. The van der Waals surface area contributed by atoms with Crippen LogP contribution in [0.2, 0.25) is 0 Å². The number of esters is 1. The minimum atomic E-state index is -0.704. The Balaban J connectivity index is 1.61. The second kappa shape index (κ2) is 12.3. The Morgan fingerprint density at radius 2 is 1.56 bits per heavy atom. The van der Waals surface area contributed by atoms with E-state index in [0.29, 0.717) is 22.9 Å². The lowest BCUT2D eigenvalue weighted by molar-refractivity contribution is -0.119. The number of para-hydroxylation sites is 1. The van der Waals surface area contributed by atoms with Gasteiger partial charge in [0.15, 0.2) is 18.1 Å². The molecule has 9 heteroatoms. The van der Waals surface area contributed by atoms with Crippen molar-refractivity contribution in [3.05, 3.63) is 77.9 Å². The first-order valence-electron chi connectivity index (χ1n) is 11.2. The van der Waals surface area contributed by atoms with E-state index in [1.54, 1.807) is 61.7 Å². The molecule has 0 heterocycles. The zero-order valence-electron chi connectivity index (χ0n) is 20.5. The summed E-state index contributed by atoms with van der Waals surface area (Å²) in [5.74, 6) is -0.187. The van der Waals surface area contributed by atoms with Crippen molar-refractivity contribution in [2.75, 3.05) is 31.5 Å². The van der Waals surface area contributed by atoms with Crippen LogP contribution in [0.1, 0.15) is 34.6 Å². The molecule has 0 fully saturated rings. The Labute approximate surface area is 209 Å². The summed E-state index contributed by atoms with van der Waals surface area (Å²) in [7, 11) is 3.02. The van der Waals surface area contributed by atoms with E-state index in [0.717, 1.165) is 0 Å². The molecule has 0 aromatic heterocycles. The Hall–Kier alpha value is -4.53. The lowest BCUT2D eigenvalue weighted by atomic mass is 10.1. The third-order valence-corrected chi connectivity index (χ3v) is 4.89. The smallest absolute Gasteiger partial charge is 0.338 e. The molecule has 2 N–H and O–H groups in total. The van der Waals surface area contributed by atoms with Crippen LogP contribution in [-0.4, -0.2) is 44.7 Å². The van der Waals surface area contributed by atoms with Gasteiger partial charge in [-0.15, -0.1) is 0 Å². The predicted octanol–water partition coefficient (Wildman–Crippen LogP) is 4.54. The molecule has 0 aliphatic carbocycles. The number of methoxy groups -OCH3 is 2. The molecule has 0 spiro atoms. The molecule has 188 valence electrons. The van der Waals surface area contributed by atoms with Crippen LogP contribution in [0, 0.1) is 0 Å². The van der Waals surface area contributed by atoms with E-state index in [2.05, 4.69) is 10.6 Å². The topological polar surface area (TPSA) is 112 Å². The van der Waals surface area contributed by atoms with Gasteiger partial charge in [-0.1, -0.05) is 12.1 Å². The van der Waals surface area contributed by atoms with Gasteiger partial charge in [-0.05, 0) is 68.4 Å². The summed E-state index contributed by atoms with van der Waals surface area (Å²) < 4.78 is 21.2. The third-order valence-electron chi connectivity index (χ3n) is 4.89. The predicted molar refractivity (Wildman–Crippen MR) is 135 cm³/mol. The second-order valence-corrected chi connectivity index (χ2v) is 7.88. The molecule has 0 saturated carbocycles. The molecule has 0 atom stereocenters. The van der Waals surface area contributed by atoms with E-state index in [9.17, 15) is 14.4 Å². The summed E-state index contributed by atoms with van der Waals surface area (Å²) in [6.45, 7) is 3.21. The second-order valence-electron chi connectivity index (χ2n) is 7.88. The molecule has 2 amide bonds. The maximum Gasteiger partial charge on any atom is 0.338 e. The van der Waals surface area contributed by atoms with E-state index in [4.69, 9.17) is 18.9 Å². The molecule has 3 aromatic carbocycles. The highest BCUT2D eigenvalue weighted by Crippen LogP contribution is 2.29. The van der Waals surface area contributed by atoms with Gasteiger partial charge in [-0.3, -0.25) is 9.59 Å². The summed E-state index contributed by atoms with van der Waals surface area (Å²) in [4.78, 5) is 37.7. The van der Waals surface area contributed by atoms with Gasteiger partial charge in [0.25, 0.3) is 11.8 Å².